The van der Waals surface area contributed by atoms with Gasteiger partial charge in [-0.1, -0.05) is 13.8 Å². The number of hydrogen-bond acceptors (Lipinski definition) is 2. The van der Waals surface area contributed by atoms with E-state index in [1.165, 1.54) is 6.42 Å². The second-order valence-electron chi connectivity index (χ2n) is 6.19. The van der Waals surface area contributed by atoms with Crippen LogP contribution < -0.4 is 5.32 Å². The minimum atomic E-state index is 0.408. The Balaban J connectivity index is 1.83. The summed E-state index contributed by atoms with van der Waals surface area (Å²) in [7, 11) is 0. The Kier molecular flexibility index (Phi) is 5.04. The molecule has 2 heterocycles. The molecule has 0 atom stereocenters. The monoisotopic (exact) mass is 277 g/mol. The fourth-order valence-electron chi connectivity index (χ4n) is 2.57. The van der Waals surface area contributed by atoms with E-state index in [-0.39, 0.29) is 0 Å². The van der Waals surface area contributed by atoms with Crippen molar-refractivity contribution in [1.29, 1.82) is 0 Å². The number of aryl methyl sites for hydroxylation is 1. The predicted molar refractivity (Wildman–Crippen MR) is 82.8 cm³/mol. The highest BCUT2D eigenvalue weighted by atomic mass is 15.3. The van der Waals surface area contributed by atoms with Gasteiger partial charge in [0.2, 0.25) is 0 Å². The van der Waals surface area contributed by atoms with Crippen LogP contribution in [-0.4, -0.2) is 46.8 Å². The van der Waals surface area contributed by atoms with Gasteiger partial charge in [0.15, 0.2) is 5.96 Å². The van der Waals surface area contributed by atoms with Crippen LogP contribution in [0.3, 0.4) is 0 Å². The van der Waals surface area contributed by atoms with Crippen LogP contribution in [0.15, 0.2) is 23.5 Å². The molecule has 0 aromatic carbocycles. The molecule has 0 radical (unpaired) electrons. The lowest BCUT2D eigenvalue weighted by Gasteiger charge is -2.23. The van der Waals surface area contributed by atoms with E-state index < -0.39 is 0 Å². The van der Waals surface area contributed by atoms with Crippen molar-refractivity contribution in [3.05, 3.63) is 18.5 Å². The summed E-state index contributed by atoms with van der Waals surface area (Å²) >= 11 is 0. The first-order chi connectivity index (χ1) is 9.61. The second kappa shape index (κ2) is 6.77. The van der Waals surface area contributed by atoms with Crippen molar-refractivity contribution in [2.45, 2.75) is 40.2 Å². The van der Waals surface area contributed by atoms with Gasteiger partial charge in [0.1, 0.15) is 0 Å². The van der Waals surface area contributed by atoms with E-state index in [4.69, 9.17) is 4.99 Å². The van der Waals surface area contributed by atoms with E-state index in [9.17, 15) is 0 Å². The van der Waals surface area contributed by atoms with Crippen LogP contribution in [0.4, 0.5) is 0 Å². The van der Waals surface area contributed by atoms with Crippen LogP contribution in [0, 0.1) is 5.41 Å². The number of hydrogen-bond donors (Lipinski definition) is 1. The standard InChI is InChI=1S/C15H27N5/c1-4-16-14(19-12-7-15(2,3)13-19)17-8-5-10-20-11-6-9-18-20/h6,9,11H,4-5,7-8,10,12-13H2,1-3H3,(H,16,17). The molecule has 0 aliphatic carbocycles. The molecule has 112 valence electrons. The molecule has 1 aromatic rings. The summed E-state index contributed by atoms with van der Waals surface area (Å²) in [5.74, 6) is 1.07. The van der Waals surface area contributed by atoms with Crippen LogP contribution in [0.5, 0.6) is 0 Å². The van der Waals surface area contributed by atoms with Crippen molar-refractivity contribution in [2.75, 3.05) is 26.2 Å². The molecule has 1 aromatic heterocycles. The summed E-state index contributed by atoms with van der Waals surface area (Å²) in [5.41, 5.74) is 0.408. The molecule has 1 aliphatic heterocycles. The third-order valence-corrected chi connectivity index (χ3v) is 3.68. The summed E-state index contributed by atoms with van der Waals surface area (Å²) in [5, 5.41) is 7.62. The van der Waals surface area contributed by atoms with Crippen molar-refractivity contribution >= 4 is 5.96 Å². The minimum absolute atomic E-state index is 0.408. The number of nitrogens with one attached hydrogen (secondary N) is 1. The molecule has 2 rings (SSSR count). The Morgan fingerprint density at radius 3 is 2.90 bits per heavy atom. The lowest BCUT2D eigenvalue weighted by Crippen LogP contribution is -2.40. The number of likely N-dealkylation sites (tertiary alicyclic amines) is 1. The third-order valence-electron chi connectivity index (χ3n) is 3.68. The van der Waals surface area contributed by atoms with Crippen LogP contribution in [-0.2, 0) is 6.54 Å². The van der Waals surface area contributed by atoms with Gasteiger partial charge in [0.25, 0.3) is 0 Å². The van der Waals surface area contributed by atoms with Crippen LogP contribution >= 0.6 is 0 Å². The van der Waals surface area contributed by atoms with E-state index in [1.807, 2.05) is 23.1 Å². The van der Waals surface area contributed by atoms with E-state index in [0.29, 0.717) is 5.41 Å². The number of aromatic nitrogens is 2. The van der Waals surface area contributed by atoms with Gasteiger partial charge in [-0.05, 0) is 31.2 Å². The van der Waals surface area contributed by atoms with Gasteiger partial charge in [-0.2, -0.15) is 5.10 Å². The molecule has 5 nitrogen and oxygen atoms in total. The molecule has 1 aliphatic rings. The van der Waals surface area contributed by atoms with Gasteiger partial charge in [0, 0.05) is 45.1 Å². The summed E-state index contributed by atoms with van der Waals surface area (Å²) in [6.07, 6.45) is 6.08. The first-order valence-corrected chi connectivity index (χ1v) is 7.61. The lowest BCUT2D eigenvalue weighted by atomic mass is 9.93. The fourth-order valence-corrected chi connectivity index (χ4v) is 2.57. The zero-order chi connectivity index (χ0) is 14.4. The topological polar surface area (TPSA) is 45.5 Å². The molecule has 1 saturated heterocycles. The summed E-state index contributed by atoms with van der Waals surface area (Å²) in [6, 6.07) is 1.96. The zero-order valence-electron chi connectivity index (χ0n) is 13.0. The van der Waals surface area contributed by atoms with Crippen molar-refractivity contribution in [3.8, 4) is 0 Å². The summed E-state index contributed by atoms with van der Waals surface area (Å²) in [6.45, 7) is 11.7. The predicted octanol–water partition coefficient (Wildman–Crippen LogP) is 1.97. The smallest absolute Gasteiger partial charge is 0.193 e. The Hall–Kier alpha value is -1.52. The largest absolute Gasteiger partial charge is 0.357 e. The minimum Gasteiger partial charge on any atom is -0.357 e. The number of rotatable bonds is 5. The fraction of sp³-hybridized carbons (Fsp3) is 0.733. The second-order valence-corrected chi connectivity index (χ2v) is 6.19. The maximum atomic E-state index is 4.75. The zero-order valence-corrected chi connectivity index (χ0v) is 13.0. The number of guanidine groups is 1. The van der Waals surface area contributed by atoms with E-state index in [1.54, 1.807) is 0 Å². The van der Waals surface area contributed by atoms with Gasteiger partial charge >= 0.3 is 0 Å². The van der Waals surface area contributed by atoms with E-state index in [0.717, 1.165) is 45.1 Å². The first-order valence-electron chi connectivity index (χ1n) is 7.61. The van der Waals surface area contributed by atoms with Crippen molar-refractivity contribution in [3.63, 3.8) is 0 Å². The molecule has 0 spiro atoms. The summed E-state index contributed by atoms with van der Waals surface area (Å²) < 4.78 is 1.96. The van der Waals surface area contributed by atoms with E-state index >= 15 is 0 Å². The van der Waals surface area contributed by atoms with Gasteiger partial charge in [-0.3, -0.25) is 9.67 Å². The maximum Gasteiger partial charge on any atom is 0.193 e. The summed E-state index contributed by atoms with van der Waals surface area (Å²) in [4.78, 5) is 7.14. The Morgan fingerprint density at radius 2 is 2.30 bits per heavy atom. The average molecular weight is 277 g/mol. The molecule has 5 heteroatoms. The highest BCUT2D eigenvalue weighted by molar-refractivity contribution is 5.80. The Morgan fingerprint density at radius 1 is 1.45 bits per heavy atom. The molecular weight excluding hydrogens is 250 g/mol. The molecule has 1 fully saturated rings. The molecule has 0 saturated carbocycles. The maximum absolute atomic E-state index is 4.75. The van der Waals surface area contributed by atoms with Gasteiger partial charge in [0.05, 0.1) is 0 Å². The lowest BCUT2D eigenvalue weighted by molar-refractivity contribution is 0.370. The van der Waals surface area contributed by atoms with Crippen molar-refractivity contribution < 1.29 is 0 Å². The van der Waals surface area contributed by atoms with Gasteiger partial charge < -0.3 is 10.2 Å². The highest BCUT2D eigenvalue weighted by Crippen LogP contribution is 2.28. The van der Waals surface area contributed by atoms with Gasteiger partial charge in [-0.15, -0.1) is 0 Å². The van der Waals surface area contributed by atoms with E-state index in [2.05, 4.69) is 36.1 Å². The van der Waals surface area contributed by atoms with Gasteiger partial charge in [-0.25, -0.2) is 0 Å². The Bertz CT molecular complexity index is 421. The molecule has 0 unspecified atom stereocenters. The molecule has 0 bridgehead atoms. The van der Waals surface area contributed by atoms with Crippen molar-refractivity contribution in [1.82, 2.24) is 20.0 Å². The molecule has 20 heavy (non-hydrogen) atoms. The Labute approximate surface area is 122 Å². The quantitative estimate of drug-likeness (QED) is 0.508. The SMILES string of the molecule is CCNC(=NCCCn1cccn1)N1CCC(C)(C)C1. The molecule has 1 N–H and O–H groups in total. The molecular formula is C15H27N5. The number of aliphatic imine (C=N–C) groups is 1. The van der Waals surface area contributed by atoms with Crippen molar-refractivity contribution in [2.24, 2.45) is 10.4 Å². The molecule has 0 amide bonds. The van der Waals surface area contributed by atoms with Crippen LogP contribution in [0.1, 0.15) is 33.6 Å². The van der Waals surface area contributed by atoms with Crippen LogP contribution in [0.25, 0.3) is 0 Å². The third kappa shape index (κ3) is 4.25. The first kappa shape index (κ1) is 14.9. The number of nitrogens with zero attached hydrogens (tertiary/aromatic N) is 4. The average Bonchev–Trinajstić information content (AvgIpc) is 3.02. The van der Waals surface area contributed by atoms with Crippen LogP contribution in [0.2, 0.25) is 0 Å². The normalized spacial score (nSPS) is 18.6. The highest BCUT2D eigenvalue weighted by Gasteiger charge is 2.30.